The van der Waals surface area contributed by atoms with Crippen LogP contribution in [-0.2, 0) is 13.0 Å². The lowest BCUT2D eigenvalue weighted by Crippen LogP contribution is -2.32. The summed E-state index contributed by atoms with van der Waals surface area (Å²) in [5.74, 6) is 1.94. The minimum Gasteiger partial charge on any atom is -0.493 e. The van der Waals surface area contributed by atoms with Gasteiger partial charge in [0, 0.05) is 23.7 Å². The summed E-state index contributed by atoms with van der Waals surface area (Å²) >= 11 is 0. The van der Waals surface area contributed by atoms with Crippen molar-refractivity contribution < 1.29 is 9.47 Å². The molecule has 7 heteroatoms. The zero-order chi connectivity index (χ0) is 17.5. The standard InChI is InChI=1S/C18H23N3O3.ClH/c1-18(2,3)20-16-10-13-12-9-15(24-5)14(23-4)8-11(12)6-7-21(13)17(22)19-16;/h8-10H,6-7H2,1-5H3,(H,19,20,22);1H. The number of methoxy groups -OCH3 is 2. The van der Waals surface area contributed by atoms with Crippen molar-refractivity contribution in [2.24, 2.45) is 0 Å². The van der Waals surface area contributed by atoms with Gasteiger partial charge in [-0.3, -0.25) is 4.57 Å². The molecule has 0 amide bonds. The molecule has 2 heterocycles. The van der Waals surface area contributed by atoms with E-state index in [4.69, 9.17) is 9.47 Å². The van der Waals surface area contributed by atoms with Crippen molar-refractivity contribution in [1.82, 2.24) is 9.55 Å². The Bertz CT molecular complexity index is 841. The lowest BCUT2D eigenvalue weighted by atomic mass is 9.96. The first-order chi connectivity index (χ1) is 11.3. The Balaban J connectivity index is 0.00000225. The van der Waals surface area contributed by atoms with Crippen LogP contribution in [0.15, 0.2) is 23.0 Å². The normalized spacial score (nSPS) is 12.5. The van der Waals surface area contributed by atoms with Crippen molar-refractivity contribution in [2.75, 3.05) is 19.5 Å². The average molecular weight is 366 g/mol. The monoisotopic (exact) mass is 365 g/mol. The predicted molar refractivity (Wildman–Crippen MR) is 101 cm³/mol. The number of ether oxygens (including phenoxy) is 2. The smallest absolute Gasteiger partial charge is 0.349 e. The minimum absolute atomic E-state index is 0. The van der Waals surface area contributed by atoms with Crippen LogP contribution >= 0.6 is 12.4 Å². The van der Waals surface area contributed by atoms with Gasteiger partial charge >= 0.3 is 5.69 Å². The fourth-order valence-electron chi connectivity index (χ4n) is 2.99. The maximum atomic E-state index is 12.4. The number of hydrogen-bond acceptors (Lipinski definition) is 5. The molecule has 0 bridgehead atoms. The third kappa shape index (κ3) is 3.74. The Morgan fingerprint density at radius 2 is 1.76 bits per heavy atom. The largest absolute Gasteiger partial charge is 0.493 e. The number of nitrogens with one attached hydrogen (secondary N) is 1. The van der Waals surface area contributed by atoms with Gasteiger partial charge in [0.15, 0.2) is 11.5 Å². The highest BCUT2D eigenvalue weighted by atomic mass is 35.5. The number of hydrogen-bond donors (Lipinski definition) is 1. The summed E-state index contributed by atoms with van der Waals surface area (Å²) in [4.78, 5) is 16.6. The second-order valence-corrected chi connectivity index (χ2v) is 6.95. The van der Waals surface area contributed by atoms with Crippen molar-refractivity contribution in [3.63, 3.8) is 0 Å². The number of benzene rings is 1. The lowest BCUT2D eigenvalue weighted by molar-refractivity contribution is 0.354. The highest BCUT2D eigenvalue weighted by Gasteiger charge is 2.22. The number of rotatable bonds is 3. The Morgan fingerprint density at radius 1 is 1.12 bits per heavy atom. The number of aryl methyl sites for hydroxylation is 1. The van der Waals surface area contributed by atoms with Gasteiger partial charge in [-0.1, -0.05) is 0 Å². The number of fused-ring (bicyclic) bond motifs is 3. The van der Waals surface area contributed by atoms with Gasteiger partial charge in [-0.05, 0) is 44.9 Å². The van der Waals surface area contributed by atoms with Crippen LogP contribution in [0.5, 0.6) is 11.5 Å². The van der Waals surface area contributed by atoms with Crippen LogP contribution in [0.25, 0.3) is 11.3 Å². The first-order valence-corrected chi connectivity index (χ1v) is 7.98. The Labute approximate surface area is 153 Å². The maximum Gasteiger partial charge on any atom is 0.349 e. The summed E-state index contributed by atoms with van der Waals surface area (Å²) in [6.45, 7) is 6.72. The predicted octanol–water partition coefficient (Wildman–Crippen LogP) is 3.12. The van der Waals surface area contributed by atoms with Crippen LogP contribution in [0.4, 0.5) is 5.82 Å². The Morgan fingerprint density at radius 3 is 2.36 bits per heavy atom. The van der Waals surface area contributed by atoms with Gasteiger partial charge in [-0.15, -0.1) is 12.4 Å². The van der Waals surface area contributed by atoms with Crippen LogP contribution in [0.1, 0.15) is 26.3 Å². The van der Waals surface area contributed by atoms with Gasteiger partial charge < -0.3 is 14.8 Å². The molecule has 0 radical (unpaired) electrons. The van der Waals surface area contributed by atoms with E-state index < -0.39 is 0 Å². The van der Waals surface area contributed by atoms with E-state index in [2.05, 4.69) is 10.3 Å². The molecule has 3 rings (SSSR count). The van der Waals surface area contributed by atoms with E-state index in [1.165, 1.54) is 0 Å². The van der Waals surface area contributed by atoms with Crippen LogP contribution in [0.3, 0.4) is 0 Å². The fraction of sp³-hybridized carbons (Fsp3) is 0.444. The number of nitrogens with zero attached hydrogens (tertiary/aromatic N) is 2. The first-order valence-electron chi connectivity index (χ1n) is 7.98. The molecule has 0 saturated carbocycles. The van der Waals surface area contributed by atoms with Gasteiger partial charge in [-0.25, -0.2) is 4.79 Å². The minimum atomic E-state index is -0.236. The third-order valence-corrected chi connectivity index (χ3v) is 4.00. The molecule has 0 fully saturated rings. The highest BCUT2D eigenvalue weighted by molar-refractivity contribution is 5.85. The summed E-state index contributed by atoms with van der Waals surface area (Å²) in [5.41, 5.74) is 2.56. The molecule has 6 nitrogen and oxygen atoms in total. The third-order valence-electron chi connectivity index (χ3n) is 4.00. The zero-order valence-corrected chi connectivity index (χ0v) is 16.0. The molecule has 1 N–H and O–H groups in total. The highest BCUT2D eigenvalue weighted by Crippen LogP contribution is 2.38. The number of aromatic nitrogens is 2. The van der Waals surface area contributed by atoms with E-state index in [9.17, 15) is 4.79 Å². The van der Waals surface area contributed by atoms with Crippen LogP contribution in [0.2, 0.25) is 0 Å². The van der Waals surface area contributed by atoms with Crippen molar-refractivity contribution in [2.45, 2.75) is 39.3 Å². The molecule has 1 aliphatic heterocycles. The van der Waals surface area contributed by atoms with E-state index in [1.807, 2.05) is 39.0 Å². The number of halogens is 1. The number of anilines is 1. The maximum absolute atomic E-state index is 12.4. The molecule has 136 valence electrons. The van der Waals surface area contributed by atoms with Gasteiger partial charge in [0.05, 0.1) is 19.9 Å². The molecule has 0 spiro atoms. The van der Waals surface area contributed by atoms with Gasteiger partial charge in [0.2, 0.25) is 0 Å². The van der Waals surface area contributed by atoms with Gasteiger partial charge in [0.1, 0.15) is 5.82 Å². The fourth-order valence-corrected chi connectivity index (χ4v) is 2.99. The van der Waals surface area contributed by atoms with Crippen molar-refractivity contribution in [1.29, 1.82) is 0 Å². The van der Waals surface area contributed by atoms with Crippen molar-refractivity contribution in [3.8, 4) is 22.8 Å². The van der Waals surface area contributed by atoms with E-state index >= 15 is 0 Å². The van der Waals surface area contributed by atoms with Crippen LogP contribution in [0, 0.1) is 0 Å². The van der Waals surface area contributed by atoms with Crippen LogP contribution in [-0.4, -0.2) is 29.3 Å². The average Bonchev–Trinajstić information content (AvgIpc) is 2.51. The van der Waals surface area contributed by atoms with Crippen LogP contribution < -0.4 is 20.5 Å². The molecule has 2 aromatic rings. The molecular weight excluding hydrogens is 342 g/mol. The molecule has 25 heavy (non-hydrogen) atoms. The topological polar surface area (TPSA) is 65.4 Å². The molecule has 0 unspecified atom stereocenters. The van der Waals surface area contributed by atoms with Crippen molar-refractivity contribution in [3.05, 3.63) is 34.2 Å². The summed E-state index contributed by atoms with van der Waals surface area (Å²) in [7, 11) is 3.24. The molecular formula is C18H24ClN3O3. The second-order valence-electron chi connectivity index (χ2n) is 6.95. The zero-order valence-electron chi connectivity index (χ0n) is 15.2. The Hall–Kier alpha value is -2.21. The SMILES string of the molecule is COc1cc2c(cc1OC)-c1cc(NC(C)(C)C)nc(=O)n1CC2.Cl. The Kier molecular flexibility index (Phi) is 5.32. The summed E-state index contributed by atoms with van der Waals surface area (Å²) < 4.78 is 12.5. The van der Waals surface area contributed by atoms with E-state index in [0.29, 0.717) is 23.9 Å². The van der Waals surface area contributed by atoms with Gasteiger partial charge in [-0.2, -0.15) is 4.98 Å². The molecule has 0 saturated heterocycles. The van der Waals surface area contributed by atoms with Crippen molar-refractivity contribution >= 4 is 18.2 Å². The summed E-state index contributed by atoms with van der Waals surface area (Å²) in [6, 6.07) is 5.84. The lowest BCUT2D eigenvalue weighted by Gasteiger charge is -2.25. The molecule has 1 aliphatic rings. The first kappa shape index (κ1) is 19.1. The quantitative estimate of drug-likeness (QED) is 0.905. The second kappa shape index (κ2) is 6.96. The van der Waals surface area contributed by atoms with Gasteiger partial charge in [0.25, 0.3) is 0 Å². The van der Waals surface area contributed by atoms with E-state index in [-0.39, 0.29) is 23.6 Å². The van der Waals surface area contributed by atoms with E-state index in [1.54, 1.807) is 18.8 Å². The summed E-state index contributed by atoms with van der Waals surface area (Å²) in [5, 5.41) is 3.27. The van der Waals surface area contributed by atoms with E-state index in [0.717, 1.165) is 23.2 Å². The molecule has 1 aromatic heterocycles. The summed E-state index contributed by atoms with van der Waals surface area (Å²) in [6.07, 6.45) is 0.760. The molecule has 0 aliphatic carbocycles. The molecule has 1 aromatic carbocycles. The molecule has 0 atom stereocenters.